The summed E-state index contributed by atoms with van der Waals surface area (Å²) in [6.07, 6.45) is 13.8. The predicted molar refractivity (Wildman–Crippen MR) is 159 cm³/mol. The molecule has 0 heterocycles. The number of esters is 1. The Balaban J connectivity index is 1.66. The number of carbonyl (C=O) groups excluding carboxylic acids is 1. The van der Waals surface area contributed by atoms with E-state index in [0.29, 0.717) is 13.0 Å². The molecule has 0 amide bonds. The lowest BCUT2D eigenvalue weighted by molar-refractivity contribution is -0.905. The molecule has 0 aliphatic rings. The third kappa shape index (κ3) is 13.5. The molecule has 0 N–H and O–H groups in total. The van der Waals surface area contributed by atoms with Crippen molar-refractivity contribution >= 4 is 5.97 Å². The van der Waals surface area contributed by atoms with Gasteiger partial charge < -0.3 is 14.0 Å². The van der Waals surface area contributed by atoms with Crippen molar-refractivity contribution in [2.45, 2.75) is 104 Å². The van der Waals surface area contributed by atoms with Gasteiger partial charge in [0.2, 0.25) is 0 Å². The molecular formula is C34H54NO3+. The molecule has 0 aliphatic heterocycles. The Labute approximate surface area is 233 Å². The van der Waals surface area contributed by atoms with Crippen molar-refractivity contribution in [2.75, 3.05) is 27.2 Å². The number of unbranched alkanes of at least 4 members (excludes halogenated alkanes) is 8. The summed E-state index contributed by atoms with van der Waals surface area (Å²) in [6, 6.07) is 18.8. The van der Waals surface area contributed by atoms with Crippen LogP contribution >= 0.6 is 0 Å². The van der Waals surface area contributed by atoms with E-state index in [1.165, 1.54) is 68.9 Å². The predicted octanol–water partition coefficient (Wildman–Crippen LogP) is 8.37. The topological polar surface area (TPSA) is 35.5 Å². The minimum absolute atomic E-state index is 0.00678. The molecule has 212 valence electrons. The number of hydrogen-bond acceptors (Lipinski definition) is 3. The smallest absolute Gasteiger partial charge is 0.314 e. The highest BCUT2D eigenvalue weighted by Crippen LogP contribution is 2.23. The second-order valence-corrected chi connectivity index (χ2v) is 11.7. The van der Waals surface area contributed by atoms with Crippen LogP contribution in [0.4, 0.5) is 0 Å². The van der Waals surface area contributed by atoms with Crippen LogP contribution < -0.4 is 4.74 Å². The Kier molecular flexibility index (Phi) is 15.1. The zero-order chi connectivity index (χ0) is 27.6. The molecule has 2 aromatic carbocycles. The van der Waals surface area contributed by atoms with Gasteiger partial charge in [-0.2, -0.15) is 0 Å². The third-order valence-electron chi connectivity index (χ3n) is 7.24. The Bertz CT molecular complexity index is 896. The lowest BCUT2D eigenvalue weighted by Crippen LogP contribution is -2.44. The van der Waals surface area contributed by atoms with Gasteiger partial charge in [0.25, 0.3) is 0 Å². The second-order valence-electron chi connectivity index (χ2n) is 11.7. The molecule has 0 spiro atoms. The number of aryl methyl sites for hydroxylation is 1. The van der Waals surface area contributed by atoms with Crippen LogP contribution in [0.3, 0.4) is 0 Å². The summed E-state index contributed by atoms with van der Waals surface area (Å²) in [5.41, 5.74) is 2.56. The average Bonchev–Trinajstić information content (AvgIpc) is 2.88. The van der Waals surface area contributed by atoms with Gasteiger partial charge in [-0.05, 0) is 38.3 Å². The monoisotopic (exact) mass is 524 g/mol. The fourth-order valence-corrected chi connectivity index (χ4v) is 5.15. The molecule has 0 saturated carbocycles. The third-order valence-corrected chi connectivity index (χ3v) is 7.24. The van der Waals surface area contributed by atoms with Crippen molar-refractivity contribution in [1.82, 2.24) is 0 Å². The quantitative estimate of drug-likeness (QED) is 0.0991. The first kappa shape index (κ1) is 31.9. The molecule has 0 fully saturated rings. The Morgan fingerprint density at radius 1 is 0.816 bits per heavy atom. The highest BCUT2D eigenvalue weighted by Gasteiger charge is 2.25. The van der Waals surface area contributed by atoms with Crippen LogP contribution in [0.2, 0.25) is 0 Å². The van der Waals surface area contributed by atoms with E-state index in [-0.39, 0.29) is 18.0 Å². The maximum Gasteiger partial charge on any atom is 0.314 e. The molecule has 2 atom stereocenters. The summed E-state index contributed by atoms with van der Waals surface area (Å²) in [5, 5.41) is 0. The first-order valence-electron chi connectivity index (χ1n) is 15.1. The Morgan fingerprint density at radius 3 is 2.11 bits per heavy atom. The molecule has 0 saturated heterocycles. The Morgan fingerprint density at radius 2 is 1.42 bits per heavy atom. The number of ether oxygens (including phenoxy) is 2. The zero-order valence-corrected chi connectivity index (χ0v) is 24.9. The van der Waals surface area contributed by atoms with Crippen LogP contribution in [0.5, 0.6) is 5.75 Å². The van der Waals surface area contributed by atoms with Crippen molar-refractivity contribution in [3.63, 3.8) is 0 Å². The van der Waals surface area contributed by atoms with Gasteiger partial charge >= 0.3 is 5.97 Å². The van der Waals surface area contributed by atoms with Gasteiger partial charge in [-0.3, -0.25) is 4.79 Å². The van der Waals surface area contributed by atoms with Crippen LogP contribution in [0.25, 0.3) is 0 Å². The van der Waals surface area contributed by atoms with Crippen LogP contribution in [0.15, 0.2) is 54.6 Å². The van der Waals surface area contributed by atoms with Gasteiger partial charge in [0.15, 0.2) is 0 Å². The minimum Gasteiger partial charge on any atom is -0.490 e. The lowest BCUT2D eigenvalue weighted by Gasteiger charge is -2.32. The molecule has 0 aromatic heterocycles. The molecular weight excluding hydrogens is 470 g/mol. The van der Waals surface area contributed by atoms with Crippen molar-refractivity contribution in [1.29, 1.82) is 0 Å². The lowest BCUT2D eigenvalue weighted by atomic mass is 10.0. The molecule has 0 radical (unpaired) electrons. The standard InChI is InChI=1S/C34H54NO3/c1-6-7-8-9-10-11-12-13-17-22-32-23-18-19-24-33(32)38-30(3)25-26-37-34(36)29(2)27-35(4,5)28-31-20-15-14-16-21-31/h14-16,18-21,23-24,29-30H,6-13,17,22,25-28H2,1-5H3/q+1. The van der Waals surface area contributed by atoms with Gasteiger partial charge in [0.05, 0.1) is 33.4 Å². The number of rotatable bonds is 20. The maximum absolute atomic E-state index is 12.7. The molecule has 4 nitrogen and oxygen atoms in total. The molecule has 0 aliphatic carbocycles. The number of nitrogens with zero attached hydrogens (tertiary/aromatic N) is 1. The zero-order valence-electron chi connectivity index (χ0n) is 24.9. The fraction of sp³-hybridized carbons (Fsp3) is 0.618. The van der Waals surface area contributed by atoms with Crippen LogP contribution in [0, 0.1) is 5.92 Å². The van der Waals surface area contributed by atoms with Gasteiger partial charge in [0, 0.05) is 12.0 Å². The molecule has 2 rings (SSSR count). The van der Waals surface area contributed by atoms with Gasteiger partial charge in [-0.25, -0.2) is 0 Å². The largest absolute Gasteiger partial charge is 0.490 e. The maximum atomic E-state index is 12.7. The van der Waals surface area contributed by atoms with E-state index < -0.39 is 0 Å². The summed E-state index contributed by atoms with van der Waals surface area (Å²) < 4.78 is 12.7. The van der Waals surface area contributed by atoms with Crippen molar-refractivity contribution < 1.29 is 18.8 Å². The highest BCUT2D eigenvalue weighted by atomic mass is 16.5. The average molecular weight is 525 g/mol. The molecule has 4 heteroatoms. The van der Waals surface area contributed by atoms with Crippen molar-refractivity contribution in [2.24, 2.45) is 5.92 Å². The van der Waals surface area contributed by atoms with Gasteiger partial charge in [0.1, 0.15) is 18.2 Å². The number of hydrogen-bond donors (Lipinski definition) is 0. The summed E-state index contributed by atoms with van der Waals surface area (Å²) in [4.78, 5) is 12.7. The first-order chi connectivity index (χ1) is 18.3. The van der Waals surface area contributed by atoms with Crippen LogP contribution in [-0.2, 0) is 22.5 Å². The minimum atomic E-state index is -0.151. The van der Waals surface area contributed by atoms with E-state index in [4.69, 9.17) is 9.47 Å². The normalized spacial score (nSPS) is 13.2. The van der Waals surface area contributed by atoms with E-state index in [9.17, 15) is 4.79 Å². The number of quaternary nitrogens is 1. The number of carbonyl (C=O) groups is 1. The van der Waals surface area contributed by atoms with Crippen molar-refractivity contribution in [3.05, 3.63) is 65.7 Å². The molecule has 2 aromatic rings. The Hall–Kier alpha value is -2.33. The molecule has 38 heavy (non-hydrogen) atoms. The van der Waals surface area contributed by atoms with Crippen LogP contribution in [-0.4, -0.2) is 43.8 Å². The summed E-state index contributed by atoms with van der Waals surface area (Å²) >= 11 is 0. The molecule has 2 unspecified atom stereocenters. The number of benzene rings is 2. The summed E-state index contributed by atoms with van der Waals surface area (Å²) in [7, 11) is 4.33. The van der Waals surface area contributed by atoms with Gasteiger partial charge in [-0.15, -0.1) is 0 Å². The van der Waals surface area contributed by atoms with E-state index in [1.807, 2.05) is 19.1 Å². The van der Waals surface area contributed by atoms with Crippen molar-refractivity contribution in [3.8, 4) is 5.75 Å². The number of para-hydroxylation sites is 1. The van der Waals surface area contributed by atoms with E-state index in [0.717, 1.165) is 29.7 Å². The highest BCUT2D eigenvalue weighted by molar-refractivity contribution is 5.72. The van der Waals surface area contributed by atoms with Gasteiger partial charge in [-0.1, -0.05) is 107 Å². The fourth-order valence-electron chi connectivity index (χ4n) is 5.15. The van der Waals surface area contributed by atoms with Crippen LogP contribution in [0.1, 0.15) is 96.1 Å². The SMILES string of the molecule is CCCCCCCCCCCc1ccccc1OC(C)CCOC(=O)C(C)C[N+](C)(C)Cc1ccccc1. The van der Waals surface area contributed by atoms with E-state index in [1.54, 1.807) is 0 Å². The summed E-state index contributed by atoms with van der Waals surface area (Å²) in [6.45, 7) is 8.32. The first-order valence-corrected chi connectivity index (χ1v) is 15.1. The summed E-state index contributed by atoms with van der Waals surface area (Å²) in [5.74, 6) is 0.698. The van der Waals surface area contributed by atoms with E-state index in [2.05, 4.69) is 70.4 Å². The molecule has 0 bridgehead atoms. The second kappa shape index (κ2) is 18.0. The van der Waals surface area contributed by atoms with E-state index >= 15 is 0 Å².